The summed E-state index contributed by atoms with van der Waals surface area (Å²) in [6.07, 6.45) is 0. The third kappa shape index (κ3) is 2.86. The molecule has 0 aliphatic carbocycles. The van der Waals surface area contributed by atoms with Crippen molar-refractivity contribution >= 4 is 27.5 Å². The molecular weight excluding hydrogens is 308 g/mol. The summed E-state index contributed by atoms with van der Waals surface area (Å²) in [5, 5.41) is 4.20. The number of carbonyl (C=O) groups is 1. The molecule has 6 heteroatoms. The van der Waals surface area contributed by atoms with Gasteiger partial charge < -0.3 is 4.57 Å². The largest absolute Gasteiger partial charge is 0.319 e. The molecule has 0 N–H and O–H groups in total. The molecule has 0 spiro atoms. The van der Waals surface area contributed by atoms with E-state index in [9.17, 15) is 4.79 Å². The number of hydrogen-bond acceptors (Lipinski definition) is 3. The van der Waals surface area contributed by atoms with Gasteiger partial charge in [-0.3, -0.25) is 9.48 Å². The Morgan fingerprint density at radius 1 is 1.26 bits per heavy atom. The lowest BCUT2D eigenvalue weighted by molar-refractivity contribution is 0.0992. The van der Waals surface area contributed by atoms with Gasteiger partial charge in [-0.2, -0.15) is 10.1 Å². The maximum Gasteiger partial charge on any atom is 0.300 e. The second kappa shape index (κ2) is 5.77. The Balaban J connectivity index is 2.08. The highest BCUT2D eigenvalue weighted by Gasteiger charge is 2.12. The molecule has 0 fully saturated rings. The third-order valence-corrected chi connectivity index (χ3v) is 5.12. The van der Waals surface area contributed by atoms with E-state index in [1.54, 1.807) is 10.7 Å². The number of thiazole rings is 1. The fraction of sp³-hybridized carbons (Fsp3) is 0.353. The summed E-state index contributed by atoms with van der Waals surface area (Å²) in [6, 6.07) is 8.16. The summed E-state index contributed by atoms with van der Waals surface area (Å²) < 4.78 is 4.78. The summed E-state index contributed by atoms with van der Waals surface area (Å²) in [5.41, 5.74) is 3.69. The number of nitrogens with zero attached hydrogens (tertiary/aromatic N) is 4. The van der Waals surface area contributed by atoms with E-state index in [0.717, 1.165) is 15.9 Å². The smallest absolute Gasteiger partial charge is 0.300 e. The van der Waals surface area contributed by atoms with Gasteiger partial charge in [0.05, 0.1) is 10.2 Å². The van der Waals surface area contributed by atoms with Gasteiger partial charge in [0.2, 0.25) is 0 Å². The standard InChI is InChI=1S/C17H20N4OS/c1-10(2)12-6-7-14-15(9-12)23-17(20(14)4)18-16(22)13-8-11(3)21(5)19-13/h6-10H,1-5H3. The second-order valence-corrected chi connectivity index (χ2v) is 7.05. The van der Waals surface area contributed by atoms with Crippen molar-refractivity contribution in [2.24, 2.45) is 19.1 Å². The number of rotatable bonds is 2. The highest BCUT2D eigenvalue weighted by molar-refractivity contribution is 7.16. The minimum absolute atomic E-state index is 0.306. The van der Waals surface area contributed by atoms with Crippen LogP contribution in [0.2, 0.25) is 0 Å². The number of hydrogen-bond donors (Lipinski definition) is 0. The van der Waals surface area contributed by atoms with Crippen LogP contribution >= 0.6 is 11.3 Å². The molecule has 2 aromatic heterocycles. The minimum Gasteiger partial charge on any atom is -0.319 e. The van der Waals surface area contributed by atoms with Crippen LogP contribution in [0.15, 0.2) is 29.3 Å². The van der Waals surface area contributed by atoms with Gasteiger partial charge in [0.15, 0.2) is 10.5 Å². The van der Waals surface area contributed by atoms with Gasteiger partial charge in [-0.05, 0) is 36.6 Å². The average molecular weight is 328 g/mol. The van der Waals surface area contributed by atoms with Crippen molar-refractivity contribution in [3.8, 4) is 0 Å². The van der Waals surface area contributed by atoms with E-state index in [1.807, 2.05) is 25.6 Å². The SMILES string of the molecule is Cc1cc(C(=O)N=c2sc3cc(C(C)C)ccc3n2C)nn1C. The molecule has 1 aromatic carbocycles. The number of amides is 1. The van der Waals surface area contributed by atoms with Gasteiger partial charge in [0.25, 0.3) is 5.91 Å². The predicted molar refractivity (Wildman–Crippen MR) is 92.7 cm³/mol. The van der Waals surface area contributed by atoms with Crippen molar-refractivity contribution in [1.82, 2.24) is 14.3 Å². The van der Waals surface area contributed by atoms with Crippen molar-refractivity contribution in [3.63, 3.8) is 0 Å². The molecule has 1 amide bonds. The lowest BCUT2D eigenvalue weighted by Crippen LogP contribution is -2.13. The van der Waals surface area contributed by atoms with E-state index >= 15 is 0 Å². The normalized spacial score (nSPS) is 12.5. The van der Waals surface area contributed by atoms with E-state index < -0.39 is 0 Å². The molecule has 0 aliphatic heterocycles. The summed E-state index contributed by atoms with van der Waals surface area (Å²) >= 11 is 1.53. The molecule has 0 saturated heterocycles. The molecule has 0 saturated carbocycles. The van der Waals surface area contributed by atoms with Crippen LogP contribution in [-0.4, -0.2) is 20.3 Å². The van der Waals surface area contributed by atoms with Crippen molar-refractivity contribution in [2.75, 3.05) is 0 Å². The van der Waals surface area contributed by atoms with Crippen molar-refractivity contribution in [1.29, 1.82) is 0 Å². The topological polar surface area (TPSA) is 52.2 Å². The molecule has 3 rings (SSSR count). The maximum absolute atomic E-state index is 12.3. The van der Waals surface area contributed by atoms with Gasteiger partial charge in [-0.1, -0.05) is 31.3 Å². The lowest BCUT2D eigenvalue weighted by Gasteiger charge is -2.04. The molecule has 23 heavy (non-hydrogen) atoms. The first-order valence-electron chi connectivity index (χ1n) is 7.56. The fourth-order valence-electron chi connectivity index (χ4n) is 2.43. The van der Waals surface area contributed by atoms with Crippen LogP contribution in [0, 0.1) is 6.92 Å². The Hall–Kier alpha value is -2.21. The Labute approximate surface area is 138 Å². The Kier molecular flexibility index (Phi) is 3.93. The third-order valence-electron chi connectivity index (χ3n) is 4.03. The van der Waals surface area contributed by atoms with Gasteiger partial charge in [-0.25, -0.2) is 0 Å². The molecular formula is C17H20N4OS. The van der Waals surface area contributed by atoms with Crippen LogP contribution in [0.3, 0.4) is 0 Å². The Morgan fingerprint density at radius 2 is 2.00 bits per heavy atom. The quantitative estimate of drug-likeness (QED) is 0.725. The fourth-order valence-corrected chi connectivity index (χ4v) is 3.49. The Bertz CT molecular complexity index is 939. The maximum atomic E-state index is 12.3. The molecule has 5 nitrogen and oxygen atoms in total. The van der Waals surface area contributed by atoms with Crippen LogP contribution in [0.4, 0.5) is 0 Å². The second-order valence-electron chi connectivity index (χ2n) is 6.04. The average Bonchev–Trinajstić information content (AvgIpc) is 3.00. The monoisotopic (exact) mass is 328 g/mol. The number of aryl methyl sites for hydroxylation is 3. The van der Waals surface area contributed by atoms with Crippen LogP contribution in [0.5, 0.6) is 0 Å². The number of fused-ring (bicyclic) bond motifs is 1. The zero-order chi connectivity index (χ0) is 16.7. The van der Waals surface area contributed by atoms with Gasteiger partial charge in [-0.15, -0.1) is 0 Å². The number of carbonyl (C=O) groups excluding carboxylic acids is 1. The van der Waals surface area contributed by atoms with Crippen LogP contribution in [0.1, 0.15) is 41.5 Å². The zero-order valence-corrected chi connectivity index (χ0v) is 14.8. The summed E-state index contributed by atoms with van der Waals surface area (Å²) in [5.74, 6) is 0.172. The number of benzene rings is 1. The highest BCUT2D eigenvalue weighted by atomic mass is 32.1. The molecule has 0 atom stereocenters. The molecule has 120 valence electrons. The molecule has 0 unspecified atom stereocenters. The first kappa shape index (κ1) is 15.7. The van der Waals surface area contributed by atoms with E-state index in [1.165, 1.54) is 16.9 Å². The first-order valence-corrected chi connectivity index (χ1v) is 8.37. The molecule has 0 aliphatic rings. The van der Waals surface area contributed by atoms with Crippen LogP contribution < -0.4 is 4.80 Å². The van der Waals surface area contributed by atoms with Crippen molar-refractivity contribution in [3.05, 3.63) is 46.0 Å². The lowest BCUT2D eigenvalue weighted by atomic mass is 10.0. The van der Waals surface area contributed by atoms with E-state index in [4.69, 9.17) is 0 Å². The van der Waals surface area contributed by atoms with Crippen molar-refractivity contribution < 1.29 is 4.79 Å². The van der Waals surface area contributed by atoms with Crippen LogP contribution in [-0.2, 0) is 14.1 Å². The first-order chi connectivity index (χ1) is 10.9. The summed E-state index contributed by atoms with van der Waals surface area (Å²) in [6.45, 7) is 6.26. The summed E-state index contributed by atoms with van der Waals surface area (Å²) in [7, 11) is 3.75. The summed E-state index contributed by atoms with van der Waals surface area (Å²) in [4.78, 5) is 17.3. The zero-order valence-electron chi connectivity index (χ0n) is 14.0. The van der Waals surface area contributed by atoms with Crippen LogP contribution in [0.25, 0.3) is 10.2 Å². The van der Waals surface area contributed by atoms with E-state index in [0.29, 0.717) is 16.4 Å². The molecule has 3 aromatic rings. The molecule has 0 bridgehead atoms. The van der Waals surface area contributed by atoms with E-state index in [-0.39, 0.29) is 5.91 Å². The van der Waals surface area contributed by atoms with Gasteiger partial charge in [0, 0.05) is 19.8 Å². The van der Waals surface area contributed by atoms with Gasteiger partial charge in [0.1, 0.15) is 0 Å². The minimum atomic E-state index is -0.306. The van der Waals surface area contributed by atoms with Crippen molar-refractivity contribution in [2.45, 2.75) is 26.7 Å². The van der Waals surface area contributed by atoms with Gasteiger partial charge >= 0.3 is 0 Å². The predicted octanol–water partition coefficient (Wildman–Crippen LogP) is 3.15. The molecule has 2 heterocycles. The highest BCUT2D eigenvalue weighted by Crippen LogP contribution is 2.23. The molecule has 0 radical (unpaired) electrons. The Morgan fingerprint density at radius 3 is 2.61 bits per heavy atom. The number of aromatic nitrogens is 3. The van der Waals surface area contributed by atoms with E-state index in [2.05, 4.69) is 42.1 Å².